The van der Waals surface area contributed by atoms with E-state index in [0.717, 1.165) is 12.8 Å². The zero-order valence-electron chi connectivity index (χ0n) is 10.5. The molecule has 1 atom stereocenters. The Hall–Kier alpha value is -0.610. The number of aliphatic carboxylic acids is 1. The molecular formula is C12H23NO3. The van der Waals surface area contributed by atoms with Gasteiger partial charge in [0.15, 0.2) is 0 Å². The third-order valence-electron chi connectivity index (χ3n) is 3.09. The molecule has 0 saturated heterocycles. The lowest BCUT2D eigenvalue weighted by molar-refractivity contribution is -0.145. The molecule has 4 nitrogen and oxygen atoms in total. The Bertz CT molecular complexity index is 238. The van der Waals surface area contributed by atoms with E-state index in [1.54, 1.807) is 6.92 Å². The van der Waals surface area contributed by atoms with Crippen LogP contribution in [-0.4, -0.2) is 35.4 Å². The van der Waals surface area contributed by atoms with Crippen LogP contribution in [0.5, 0.6) is 0 Å². The molecule has 0 amide bonds. The smallest absolute Gasteiger partial charge is 0.323 e. The first-order valence-corrected chi connectivity index (χ1v) is 6.07. The highest BCUT2D eigenvalue weighted by Crippen LogP contribution is 2.23. The number of nitrogens with one attached hydrogen (secondary N) is 1. The van der Waals surface area contributed by atoms with Crippen LogP contribution in [-0.2, 0) is 9.53 Å². The molecule has 0 spiro atoms. The minimum Gasteiger partial charge on any atom is -0.480 e. The lowest BCUT2D eigenvalue weighted by Crippen LogP contribution is -2.53. The average Bonchev–Trinajstić information content (AvgIpc) is 2.08. The van der Waals surface area contributed by atoms with Crippen molar-refractivity contribution in [3.63, 3.8) is 0 Å². The van der Waals surface area contributed by atoms with Gasteiger partial charge < -0.3 is 9.84 Å². The van der Waals surface area contributed by atoms with Gasteiger partial charge in [-0.3, -0.25) is 10.1 Å². The summed E-state index contributed by atoms with van der Waals surface area (Å²) in [7, 11) is 0. The van der Waals surface area contributed by atoms with E-state index in [2.05, 4.69) is 5.32 Å². The Kier molecular flexibility index (Phi) is 4.74. The van der Waals surface area contributed by atoms with Gasteiger partial charge in [-0.2, -0.15) is 0 Å². The van der Waals surface area contributed by atoms with Crippen LogP contribution in [0.15, 0.2) is 0 Å². The third kappa shape index (κ3) is 3.76. The second kappa shape index (κ2) is 5.64. The topological polar surface area (TPSA) is 58.6 Å². The molecule has 1 aliphatic rings. The number of hydrogen-bond acceptors (Lipinski definition) is 3. The fraction of sp³-hybridized carbons (Fsp3) is 0.917. The summed E-state index contributed by atoms with van der Waals surface area (Å²) in [6.45, 7) is 6.15. The van der Waals surface area contributed by atoms with Crippen molar-refractivity contribution in [3.8, 4) is 0 Å². The van der Waals surface area contributed by atoms with Crippen molar-refractivity contribution in [1.82, 2.24) is 5.32 Å². The van der Waals surface area contributed by atoms with Gasteiger partial charge in [0, 0.05) is 12.6 Å². The van der Waals surface area contributed by atoms with Crippen molar-refractivity contribution in [2.45, 2.75) is 64.1 Å². The second-order valence-electron chi connectivity index (χ2n) is 5.11. The number of carbonyl (C=O) groups is 1. The van der Waals surface area contributed by atoms with Crippen molar-refractivity contribution in [1.29, 1.82) is 0 Å². The fourth-order valence-corrected chi connectivity index (χ4v) is 1.85. The molecule has 0 aromatic rings. The van der Waals surface area contributed by atoms with E-state index in [0.29, 0.717) is 19.1 Å². The van der Waals surface area contributed by atoms with Crippen LogP contribution in [0.4, 0.5) is 0 Å². The van der Waals surface area contributed by atoms with Crippen LogP contribution >= 0.6 is 0 Å². The summed E-state index contributed by atoms with van der Waals surface area (Å²) in [6.07, 6.45) is 4.38. The molecule has 2 N–H and O–H groups in total. The van der Waals surface area contributed by atoms with Gasteiger partial charge in [0.1, 0.15) is 5.54 Å². The maximum absolute atomic E-state index is 11.2. The average molecular weight is 229 g/mol. The summed E-state index contributed by atoms with van der Waals surface area (Å²) in [4.78, 5) is 11.2. The van der Waals surface area contributed by atoms with Gasteiger partial charge in [-0.25, -0.2) is 0 Å². The lowest BCUT2D eigenvalue weighted by Gasteiger charge is -2.31. The van der Waals surface area contributed by atoms with Gasteiger partial charge in [-0.15, -0.1) is 0 Å². The summed E-state index contributed by atoms with van der Waals surface area (Å²) in [5.41, 5.74) is -0.877. The van der Waals surface area contributed by atoms with Crippen molar-refractivity contribution >= 4 is 5.97 Å². The van der Waals surface area contributed by atoms with Gasteiger partial charge in [-0.05, 0) is 46.5 Å². The van der Waals surface area contributed by atoms with E-state index in [1.807, 2.05) is 13.8 Å². The zero-order valence-corrected chi connectivity index (χ0v) is 10.5. The van der Waals surface area contributed by atoms with Crippen LogP contribution in [0.2, 0.25) is 0 Å². The van der Waals surface area contributed by atoms with E-state index < -0.39 is 11.5 Å². The zero-order chi connectivity index (χ0) is 12.2. The Labute approximate surface area is 97.4 Å². The predicted molar refractivity (Wildman–Crippen MR) is 62.5 cm³/mol. The maximum atomic E-state index is 11.2. The number of carboxylic acid groups (broad SMARTS) is 1. The molecule has 16 heavy (non-hydrogen) atoms. The normalized spacial score (nSPS) is 20.5. The molecule has 1 rings (SSSR count). The first-order chi connectivity index (χ1) is 7.44. The summed E-state index contributed by atoms with van der Waals surface area (Å²) in [6, 6.07) is 0.157. The largest absolute Gasteiger partial charge is 0.480 e. The number of ether oxygens (including phenoxy) is 1. The molecule has 0 bridgehead atoms. The Morgan fingerprint density at radius 3 is 2.56 bits per heavy atom. The third-order valence-corrected chi connectivity index (χ3v) is 3.09. The van der Waals surface area contributed by atoms with E-state index >= 15 is 0 Å². The van der Waals surface area contributed by atoms with Crippen LogP contribution in [0.25, 0.3) is 0 Å². The monoisotopic (exact) mass is 229 g/mol. The number of rotatable bonds is 7. The van der Waals surface area contributed by atoms with Crippen LogP contribution < -0.4 is 5.32 Å². The standard InChI is InChI=1S/C12H23NO3/c1-9(2)13-12(3,11(14)15)7-8-16-10-5-4-6-10/h9-10,13H,4-8H2,1-3H3,(H,14,15). The molecule has 0 heterocycles. The first-order valence-electron chi connectivity index (χ1n) is 6.07. The van der Waals surface area contributed by atoms with Crippen LogP contribution in [0, 0.1) is 0 Å². The molecule has 94 valence electrons. The van der Waals surface area contributed by atoms with Crippen LogP contribution in [0.1, 0.15) is 46.5 Å². The maximum Gasteiger partial charge on any atom is 0.323 e. The molecule has 0 aromatic carbocycles. The van der Waals surface area contributed by atoms with Crippen molar-refractivity contribution < 1.29 is 14.6 Å². The van der Waals surface area contributed by atoms with Gasteiger partial charge in [0.25, 0.3) is 0 Å². The van der Waals surface area contributed by atoms with Crippen molar-refractivity contribution in [2.24, 2.45) is 0 Å². The van der Waals surface area contributed by atoms with E-state index in [9.17, 15) is 9.90 Å². The summed E-state index contributed by atoms with van der Waals surface area (Å²) in [5.74, 6) is -0.807. The molecule has 1 saturated carbocycles. The highest BCUT2D eigenvalue weighted by Gasteiger charge is 2.33. The first kappa shape index (κ1) is 13.5. The minimum absolute atomic E-state index is 0.157. The van der Waals surface area contributed by atoms with Crippen LogP contribution in [0.3, 0.4) is 0 Å². The van der Waals surface area contributed by atoms with Crippen molar-refractivity contribution in [3.05, 3.63) is 0 Å². The lowest BCUT2D eigenvalue weighted by atomic mass is 9.95. The van der Waals surface area contributed by atoms with E-state index in [4.69, 9.17) is 4.74 Å². The van der Waals surface area contributed by atoms with Gasteiger partial charge >= 0.3 is 5.97 Å². The van der Waals surface area contributed by atoms with Crippen molar-refractivity contribution in [2.75, 3.05) is 6.61 Å². The molecule has 0 radical (unpaired) electrons. The van der Waals surface area contributed by atoms with E-state index in [-0.39, 0.29) is 6.04 Å². The van der Waals surface area contributed by atoms with E-state index in [1.165, 1.54) is 6.42 Å². The number of hydrogen-bond donors (Lipinski definition) is 2. The van der Waals surface area contributed by atoms with Gasteiger partial charge in [0.05, 0.1) is 6.10 Å². The highest BCUT2D eigenvalue weighted by molar-refractivity contribution is 5.78. The predicted octanol–water partition coefficient (Wildman–Crippen LogP) is 1.79. The highest BCUT2D eigenvalue weighted by atomic mass is 16.5. The molecule has 1 aliphatic carbocycles. The fourth-order valence-electron chi connectivity index (χ4n) is 1.85. The molecule has 4 heteroatoms. The minimum atomic E-state index is -0.877. The quantitative estimate of drug-likeness (QED) is 0.698. The molecule has 0 aromatic heterocycles. The Morgan fingerprint density at radius 2 is 2.19 bits per heavy atom. The summed E-state index contributed by atoms with van der Waals surface area (Å²) < 4.78 is 5.60. The number of carboxylic acids is 1. The SMILES string of the molecule is CC(C)NC(C)(CCOC1CCC1)C(=O)O. The molecule has 0 aliphatic heterocycles. The summed E-state index contributed by atoms with van der Waals surface area (Å²) in [5, 5.41) is 12.3. The van der Waals surface area contributed by atoms with Gasteiger partial charge in [0.2, 0.25) is 0 Å². The second-order valence-corrected chi connectivity index (χ2v) is 5.11. The van der Waals surface area contributed by atoms with Gasteiger partial charge in [-0.1, -0.05) is 0 Å². The molecule has 1 fully saturated rings. The Balaban J connectivity index is 2.33. The Morgan fingerprint density at radius 1 is 1.56 bits per heavy atom. The molecular weight excluding hydrogens is 206 g/mol. The summed E-state index contributed by atoms with van der Waals surface area (Å²) >= 11 is 0. The molecule has 1 unspecified atom stereocenters.